The van der Waals surface area contributed by atoms with Crippen molar-refractivity contribution in [1.29, 1.82) is 0 Å². The number of hydrogen-bond donors (Lipinski definition) is 0. The molecule has 1 aliphatic rings. The molecule has 1 aromatic carbocycles. The van der Waals surface area contributed by atoms with E-state index in [1.165, 1.54) is 13.5 Å². The van der Waals surface area contributed by atoms with Crippen LogP contribution in [0.15, 0.2) is 48.8 Å². The molecule has 1 heterocycles. The zero-order chi connectivity index (χ0) is 19.2. The van der Waals surface area contributed by atoms with Crippen LogP contribution in [-0.4, -0.2) is 41.0 Å². The number of methoxy groups -OCH3 is 1. The molecule has 1 amide bonds. The number of carbonyl (C=O) groups excluding carboxylic acids is 2. The number of aromatic nitrogens is 1. The first-order valence-electron chi connectivity index (χ1n) is 9.72. The summed E-state index contributed by atoms with van der Waals surface area (Å²) in [6.07, 6.45) is 9.44. The summed E-state index contributed by atoms with van der Waals surface area (Å²) < 4.78 is 6.87. The van der Waals surface area contributed by atoms with Crippen LogP contribution >= 0.6 is 0 Å². The molecule has 0 N–H and O–H groups in total. The quantitative estimate of drug-likeness (QED) is 0.723. The van der Waals surface area contributed by atoms with Crippen LogP contribution in [0.2, 0.25) is 0 Å². The van der Waals surface area contributed by atoms with Crippen molar-refractivity contribution >= 4 is 11.9 Å². The Bertz CT molecular complexity index is 746. The van der Waals surface area contributed by atoms with Crippen LogP contribution in [-0.2, 0) is 9.53 Å². The molecule has 1 aliphatic carbocycles. The number of rotatable bonds is 6. The number of nitrogens with zero attached hydrogens (tertiary/aromatic N) is 2. The van der Waals surface area contributed by atoms with Gasteiger partial charge in [0.25, 0.3) is 5.91 Å². The lowest BCUT2D eigenvalue weighted by Gasteiger charge is -2.35. The molecule has 1 unspecified atom stereocenters. The fourth-order valence-electron chi connectivity index (χ4n) is 3.81. The highest BCUT2D eigenvalue weighted by atomic mass is 16.5. The van der Waals surface area contributed by atoms with Crippen molar-refractivity contribution in [1.82, 2.24) is 9.47 Å². The molecule has 144 valence electrons. The van der Waals surface area contributed by atoms with Gasteiger partial charge in [0.05, 0.1) is 13.0 Å². The zero-order valence-electron chi connectivity index (χ0n) is 16.1. The van der Waals surface area contributed by atoms with E-state index in [1.807, 2.05) is 65.2 Å². The summed E-state index contributed by atoms with van der Waals surface area (Å²) in [6.45, 7) is 2.22. The third-order valence-corrected chi connectivity index (χ3v) is 5.37. The lowest BCUT2D eigenvalue weighted by molar-refractivity contribution is -0.145. The summed E-state index contributed by atoms with van der Waals surface area (Å²) >= 11 is 0. The molecule has 1 saturated carbocycles. The Hall–Kier alpha value is -2.56. The Morgan fingerprint density at radius 2 is 1.74 bits per heavy atom. The van der Waals surface area contributed by atoms with Crippen molar-refractivity contribution in [3.05, 3.63) is 54.4 Å². The van der Waals surface area contributed by atoms with Gasteiger partial charge in [-0.25, -0.2) is 0 Å². The van der Waals surface area contributed by atoms with Crippen molar-refractivity contribution in [3.63, 3.8) is 0 Å². The summed E-state index contributed by atoms with van der Waals surface area (Å²) in [5.41, 5.74) is 1.68. The minimum Gasteiger partial charge on any atom is -0.469 e. The van der Waals surface area contributed by atoms with Gasteiger partial charge in [-0.15, -0.1) is 0 Å². The third-order valence-electron chi connectivity index (χ3n) is 5.37. The normalized spacial score (nSPS) is 15.9. The predicted octanol–water partition coefficient (Wildman–Crippen LogP) is 4.06. The maximum Gasteiger partial charge on any atom is 0.310 e. The first-order chi connectivity index (χ1) is 13.1. The van der Waals surface area contributed by atoms with Crippen molar-refractivity contribution < 1.29 is 14.3 Å². The van der Waals surface area contributed by atoms with Gasteiger partial charge in [0.1, 0.15) is 0 Å². The topological polar surface area (TPSA) is 51.5 Å². The molecule has 5 nitrogen and oxygen atoms in total. The van der Waals surface area contributed by atoms with Crippen molar-refractivity contribution in [2.24, 2.45) is 5.92 Å². The van der Waals surface area contributed by atoms with Crippen LogP contribution in [0.1, 0.15) is 49.4 Å². The molecular formula is C22H28N2O3. The Labute approximate surface area is 160 Å². The SMILES string of the molecule is COC(=O)C(C)CN(C(=O)c1ccc(-n2cccc2)cc1)C1CCCCC1. The van der Waals surface area contributed by atoms with E-state index in [-0.39, 0.29) is 23.8 Å². The average molecular weight is 368 g/mol. The fraction of sp³-hybridized carbons (Fsp3) is 0.455. The summed E-state index contributed by atoms with van der Waals surface area (Å²) in [5.74, 6) is -0.608. The molecule has 0 bridgehead atoms. The summed E-state index contributed by atoms with van der Waals surface area (Å²) in [6, 6.07) is 11.8. The highest BCUT2D eigenvalue weighted by molar-refractivity contribution is 5.95. The first-order valence-corrected chi connectivity index (χ1v) is 9.72. The van der Waals surface area contributed by atoms with E-state index in [0.717, 1.165) is 31.4 Å². The Kier molecular flexibility index (Phi) is 6.32. The van der Waals surface area contributed by atoms with Gasteiger partial charge < -0.3 is 14.2 Å². The van der Waals surface area contributed by atoms with E-state index in [9.17, 15) is 9.59 Å². The highest BCUT2D eigenvalue weighted by Crippen LogP contribution is 2.25. The number of ether oxygens (including phenoxy) is 1. The molecule has 2 aromatic rings. The maximum absolute atomic E-state index is 13.3. The molecule has 1 fully saturated rings. The third kappa shape index (κ3) is 4.59. The summed E-state index contributed by atoms with van der Waals surface area (Å²) in [5, 5.41) is 0. The van der Waals surface area contributed by atoms with Crippen LogP contribution in [0.25, 0.3) is 5.69 Å². The lowest BCUT2D eigenvalue weighted by atomic mass is 9.93. The number of esters is 1. The molecule has 1 aromatic heterocycles. The molecule has 0 aliphatic heterocycles. The van der Waals surface area contributed by atoms with Gasteiger partial charge in [-0.2, -0.15) is 0 Å². The number of amides is 1. The first kappa shape index (κ1) is 19.2. The second kappa shape index (κ2) is 8.89. The largest absolute Gasteiger partial charge is 0.469 e. The molecule has 1 atom stereocenters. The van der Waals surface area contributed by atoms with Crippen LogP contribution in [0.3, 0.4) is 0 Å². The van der Waals surface area contributed by atoms with Crippen molar-refractivity contribution in [2.75, 3.05) is 13.7 Å². The minimum atomic E-state index is -0.333. The Morgan fingerprint density at radius 3 is 2.33 bits per heavy atom. The standard InChI is InChI=1S/C22H28N2O3/c1-17(22(26)27-2)16-24(20-8-4-3-5-9-20)21(25)18-10-12-19(13-11-18)23-14-6-7-15-23/h6-7,10-15,17,20H,3-5,8-9,16H2,1-2H3. The van der Waals surface area contributed by atoms with Crippen molar-refractivity contribution in [2.45, 2.75) is 45.1 Å². The van der Waals surface area contributed by atoms with E-state index in [4.69, 9.17) is 4.74 Å². The fourth-order valence-corrected chi connectivity index (χ4v) is 3.81. The van der Waals surface area contributed by atoms with Crippen LogP contribution < -0.4 is 0 Å². The minimum absolute atomic E-state index is 0.00305. The van der Waals surface area contributed by atoms with Gasteiger partial charge in [0.15, 0.2) is 0 Å². The molecular weight excluding hydrogens is 340 g/mol. The van der Waals surface area contributed by atoms with E-state index >= 15 is 0 Å². The van der Waals surface area contributed by atoms with Gasteiger partial charge in [-0.3, -0.25) is 9.59 Å². The Morgan fingerprint density at radius 1 is 1.11 bits per heavy atom. The van der Waals surface area contributed by atoms with Crippen molar-refractivity contribution in [3.8, 4) is 5.69 Å². The van der Waals surface area contributed by atoms with Gasteiger partial charge in [-0.1, -0.05) is 26.2 Å². The van der Waals surface area contributed by atoms with Gasteiger partial charge >= 0.3 is 5.97 Å². The molecule has 0 saturated heterocycles. The molecule has 5 heteroatoms. The number of carbonyl (C=O) groups is 2. The molecule has 0 radical (unpaired) electrons. The van der Waals surface area contributed by atoms with Gasteiger partial charge in [0, 0.05) is 36.2 Å². The smallest absolute Gasteiger partial charge is 0.310 e. The molecule has 3 rings (SSSR count). The van der Waals surface area contributed by atoms with E-state index in [0.29, 0.717) is 12.1 Å². The van der Waals surface area contributed by atoms with Crippen LogP contribution in [0, 0.1) is 5.92 Å². The highest BCUT2D eigenvalue weighted by Gasteiger charge is 2.29. The van der Waals surface area contributed by atoms with Crippen LogP contribution in [0.4, 0.5) is 0 Å². The molecule has 0 spiro atoms. The predicted molar refractivity (Wildman–Crippen MR) is 105 cm³/mol. The average Bonchev–Trinajstić information content (AvgIpc) is 3.26. The van der Waals surface area contributed by atoms with Gasteiger partial charge in [-0.05, 0) is 49.2 Å². The van der Waals surface area contributed by atoms with E-state index < -0.39 is 0 Å². The number of hydrogen-bond acceptors (Lipinski definition) is 3. The second-order valence-electron chi connectivity index (χ2n) is 7.31. The Balaban J connectivity index is 1.79. The summed E-state index contributed by atoms with van der Waals surface area (Å²) in [7, 11) is 1.39. The maximum atomic E-state index is 13.3. The van der Waals surface area contributed by atoms with Gasteiger partial charge in [0.2, 0.25) is 0 Å². The van der Waals surface area contributed by atoms with E-state index in [1.54, 1.807) is 0 Å². The van der Waals surface area contributed by atoms with E-state index in [2.05, 4.69) is 0 Å². The number of benzene rings is 1. The summed E-state index contributed by atoms with van der Waals surface area (Å²) in [4.78, 5) is 27.1. The second-order valence-corrected chi connectivity index (χ2v) is 7.31. The molecule has 27 heavy (non-hydrogen) atoms. The monoisotopic (exact) mass is 368 g/mol. The lowest BCUT2D eigenvalue weighted by Crippen LogP contribution is -2.45. The van der Waals surface area contributed by atoms with Crippen LogP contribution in [0.5, 0.6) is 0 Å². The zero-order valence-corrected chi connectivity index (χ0v) is 16.1.